The Kier molecular flexibility index (Phi) is 4.63. The summed E-state index contributed by atoms with van der Waals surface area (Å²) in [5.41, 5.74) is 0. The molecule has 3 heterocycles. The molecule has 0 aromatic carbocycles. The number of aromatic nitrogens is 3. The fourth-order valence-corrected chi connectivity index (χ4v) is 5.81. The number of carboxylic acid groups (broad SMARTS) is 1. The number of fused-ring (bicyclic) bond motifs is 1. The number of aliphatic hydroxyl groups is 1. The minimum absolute atomic E-state index is 0. The number of amides is 1. The van der Waals surface area contributed by atoms with E-state index in [0.717, 1.165) is 4.90 Å². The standard InChI is InChI=1S/C11H14N4O6S.Na/c1-11(5-14-3-2-12-13-14)7(10(18)19)15-8(17)6(4-16)9(15)22(11,20)21;/h2-3,6-7,9,16H,4-5H2,1H3,(H,18,19);/q;+1/p-1/t6-,7?,9?,11+;/m1./s1. The van der Waals surface area contributed by atoms with Gasteiger partial charge in [-0.25, -0.2) is 8.42 Å². The molecule has 23 heavy (non-hydrogen) atoms. The molecule has 0 radical (unpaired) electrons. The van der Waals surface area contributed by atoms with Gasteiger partial charge in [-0.1, -0.05) is 5.21 Å². The molecule has 0 saturated carbocycles. The first kappa shape index (κ1) is 18.3. The molecule has 12 heteroatoms. The van der Waals surface area contributed by atoms with Crippen LogP contribution in [0.1, 0.15) is 6.92 Å². The number of rotatable bonds is 4. The third-order valence-electron chi connectivity index (χ3n) is 4.38. The van der Waals surface area contributed by atoms with Crippen molar-refractivity contribution in [1.82, 2.24) is 19.9 Å². The van der Waals surface area contributed by atoms with Crippen molar-refractivity contribution < 1.29 is 57.8 Å². The number of carbonyl (C=O) groups is 2. The predicted molar refractivity (Wildman–Crippen MR) is 67.4 cm³/mol. The fourth-order valence-electron chi connectivity index (χ4n) is 3.26. The number of hydrogen-bond donors (Lipinski definition) is 1. The Morgan fingerprint density at radius 1 is 1.52 bits per heavy atom. The zero-order chi connectivity index (χ0) is 16.3. The minimum atomic E-state index is -4.06. The number of aliphatic hydroxyl groups excluding tert-OH is 1. The van der Waals surface area contributed by atoms with Gasteiger partial charge in [0.05, 0.1) is 37.3 Å². The van der Waals surface area contributed by atoms with E-state index >= 15 is 0 Å². The molecule has 10 nitrogen and oxygen atoms in total. The number of hydrogen-bond acceptors (Lipinski definition) is 8. The maximum atomic E-state index is 12.8. The summed E-state index contributed by atoms with van der Waals surface area (Å²) in [6, 6.07) is -1.64. The molecule has 2 saturated heterocycles. The summed E-state index contributed by atoms with van der Waals surface area (Å²) in [6.45, 7) is 0.301. The Morgan fingerprint density at radius 3 is 2.65 bits per heavy atom. The van der Waals surface area contributed by atoms with E-state index in [0.29, 0.717) is 0 Å². The average Bonchev–Trinajstić information content (AvgIpc) is 2.97. The van der Waals surface area contributed by atoms with Crippen LogP contribution in [-0.4, -0.2) is 68.1 Å². The molecule has 2 unspecified atom stereocenters. The Hall–Kier alpha value is -1.01. The number of β-lactam (4-membered cyclic amide) rings is 1. The van der Waals surface area contributed by atoms with Crippen molar-refractivity contribution in [3.05, 3.63) is 12.4 Å². The summed E-state index contributed by atoms with van der Waals surface area (Å²) in [5.74, 6) is -3.49. The maximum absolute atomic E-state index is 12.8. The molecule has 2 aliphatic rings. The second kappa shape index (κ2) is 5.81. The molecule has 1 N–H and O–H groups in total. The molecular formula is C11H13N4NaO6S. The van der Waals surface area contributed by atoms with Crippen molar-refractivity contribution in [3.63, 3.8) is 0 Å². The van der Waals surface area contributed by atoms with E-state index < -0.39 is 50.4 Å². The van der Waals surface area contributed by atoms with Crippen molar-refractivity contribution in [1.29, 1.82) is 0 Å². The molecule has 120 valence electrons. The summed E-state index contributed by atoms with van der Waals surface area (Å²) >= 11 is 0. The third kappa shape index (κ3) is 2.25. The van der Waals surface area contributed by atoms with Crippen LogP contribution in [0.25, 0.3) is 0 Å². The molecule has 4 atom stereocenters. The number of carboxylic acids is 1. The van der Waals surface area contributed by atoms with Crippen LogP contribution in [0.5, 0.6) is 0 Å². The van der Waals surface area contributed by atoms with Gasteiger partial charge in [0.25, 0.3) is 0 Å². The van der Waals surface area contributed by atoms with Crippen LogP contribution in [0.15, 0.2) is 12.4 Å². The van der Waals surface area contributed by atoms with Gasteiger partial charge in [0.2, 0.25) is 5.91 Å². The Labute approximate surface area is 153 Å². The number of carbonyl (C=O) groups excluding carboxylic acids is 2. The van der Waals surface area contributed by atoms with E-state index in [-0.39, 0.29) is 36.1 Å². The van der Waals surface area contributed by atoms with Gasteiger partial charge in [0.1, 0.15) is 10.1 Å². The van der Waals surface area contributed by atoms with Crippen LogP contribution in [0.3, 0.4) is 0 Å². The number of nitrogens with zero attached hydrogens (tertiary/aromatic N) is 4. The number of sulfone groups is 1. The zero-order valence-corrected chi connectivity index (χ0v) is 15.3. The monoisotopic (exact) mass is 352 g/mol. The second-order valence-electron chi connectivity index (χ2n) is 5.61. The molecule has 0 spiro atoms. The summed E-state index contributed by atoms with van der Waals surface area (Å²) in [6.07, 6.45) is 2.73. The van der Waals surface area contributed by atoms with Crippen LogP contribution in [0.4, 0.5) is 0 Å². The third-order valence-corrected chi connectivity index (χ3v) is 7.23. The Morgan fingerprint density at radius 2 is 2.17 bits per heavy atom. The Bertz CT molecular complexity index is 738. The largest absolute Gasteiger partial charge is 1.00 e. The van der Waals surface area contributed by atoms with Crippen molar-refractivity contribution in [2.75, 3.05) is 6.61 Å². The van der Waals surface area contributed by atoms with Crippen LogP contribution in [-0.2, 0) is 26.0 Å². The molecule has 0 aliphatic carbocycles. The van der Waals surface area contributed by atoms with E-state index in [1.54, 1.807) is 0 Å². The fraction of sp³-hybridized carbons (Fsp3) is 0.636. The first-order valence-electron chi connectivity index (χ1n) is 6.47. The smallest absolute Gasteiger partial charge is 0.548 e. The van der Waals surface area contributed by atoms with Crippen molar-refractivity contribution in [3.8, 4) is 0 Å². The van der Waals surface area contributed by atoms with Gasteiger partial charge >= 0.3 is 29.6 Å². The first-order chi connectivity index (χ1) is 10.3. The van der Waals surface area contributed by atoms with Crippen LogP contribution < -0.4 is 34.7 Å². The molecule has 0 bridgehead atoms. The van der Waals surface area contributed by atoms with E-state index in [1.807, 2.05) is 0 Å². The van der Waals surface area contributed by atoms with E-state index in [2.05, 4.69) is 10.3 Å². The summed E-state index contributed by atoms with van der Waals surface area (Å²) in [4.78, 5) is 24.2. The van der Waals surface area contributed by atoms with Crippen molar-refractivity contribution in [2.24, 2.45) is 5.92 Å². The molecule has 2 aliphatic heterocycles. The topological polar surface area (TPSA) is 146 Å². The van der Waals surface area contributed by atoms with Gasteiger partial charge in [0.15, 0.2) is 9.84 Å². The summed E-state index contributed by atoms with van der Waals surface area (Å²) < 4.78 is 24.9. The van der Waals surface area contributed by atoms with Crippen LogP contribution >= 0.6 is 0 Å². The van der Waals surface area contributed by atoms with Gasteiger partial charge in [-0.15, -0.1) is 5.10 Å². The first-order valence-corrected chi connectivity index (χ1v) is 8.02. The molecule has 1 aromatic rings. The predicted octanol–water partition coefficient (Wildman–Crippen LogP) is -6.64. The normalized spacial score (nSPS) is 34.4. The van der Waals surface area contributed by atoms with Crippen molar-refractivity contribution in [2.45, 2.75) is 29.6 Å². The van der Waals surface area contributed by atoms with Crippen LogP contribution in [0.2, 0.25) is 0 Å². The van der Waals surface area contributed by atoms with Gasteiger partial charge in [0, 0.05) is 6.20 Å². The SMILES string of the molecule is C[C@]1(Cn2ccnn2)C(C(=O)[O-])N2C(=O)[C@@H](CO)C2S1(=O)=O.[Na+]. The molecule has 1 aromatic heterocycles. The average molecular weight is 352 g/mol. The van der Waals surface area contributed by atoms with Gasteiger partial charge < -0.3 is 19.9 Å². The minimum Gasteiger partial charge on any atom is -0.548 e. The van der Waals surface area contributed by atoms with Gasteiger partial charge in [-0.3, -0.25) is 9.48 Å². The van der Waals surface area contributed by atoms with Crippen LogP contribution in [0, 0.1) is 5.92 Å². The summed E-state index contributed by atoms with van der Waals surface area (Å²) in [7, 11) is -4.06. The molecule has 2 fully saturated rings. The molecule has 3 rings (SSSR count). The Balaban J connectivity index is 0.00000192. The van der Waals surface area contributed by atoms with Crippen molar-refractivity contribution >= 4 is 21.7 Å². The van der Waals surface area contributed by atoms with Gasteiger partial charge in [-0.2, -0.15) is 0 Å². The molecular weight excluding hydrogens is 339 g/mol. The maximum Gasteiger partial charge on any atom is 1.00 e. The number of aliphatic carboxylic acids is 1. The zero-order valence-electron chi connectivity index (χ0n) is 12.5. The second-order valence-corrected chi connectivity index (χ2v) is 8.11. The van der Waals surface area contributed by atoms with E-state index in [1.165, 1.54) is 24.0 Å². The quantitative estimate of drug-likeness (QED) is 0.416. The molecule has 1 amide bonds. The summed E-state index contributed by atoms with van der Waals surface area (Å²) in [5, 5.41) is 26.5. The van der Waals surface area contributed by atoms with Gasteiger partial charge in [-0.05, 0) is 6.92 Å². The van der Waals surface area contributed by atoms with E-state index in [9.17, 15) is 28.2 Å². The van der Waals surface area contributed by atoms with E-state index in [4.69, 9.17) is 0 Å².